The van der Waals surface area contributed by atoms with Crippen LogP contribution < -0.4 is 0 Å². The number of hydrogen-bond acceptors (Lipinski definition) is 2. The molecule has 0 amide bonds. The van der Waals surface area contributed by atoms with E-state index in [1.54, 1.807) is 0 Å². The molecule has 2 nitrogen and oxygen atoms in total. The number of aliphatic hydroxyl groups is 2. The fourth-order valence-electron chi connectivity index (χ4n) is 4.50. The molecule has 0 unspecified atom stereocenters. The van der Waals surface area contributed by atoms with Crippen molar-refractivity contribution >= 4 is 5.57 Å². The van der Waals surface area contributed by atoms with Crippen molar-refractivity contribution in [2.45, 2.75) is 76.4 Å². The van der Waals surface area contributed by atoms with E-state index in [1.165, 1.54) is 38.5 Å². The first-order chi connectivity index (χ1) is 11.8. The zero-order valence-corrected chi connectivity index (χ0v) is 14.7. The maximum Gasteiger partial charge on any atom is 0.0821 e. The van der Waals surface area contributed by atoms with Crippen molar-refractivity contribution in [2.24, 2.45) is 11.8 Å². The fourth-order valence-corrected chi connectivity index (χ4v) is 4.50. The van der Waals surface area contributed by atoms with Gasteiger partial charge in [-0.1, -0.05) is 68.9 Å². The van der Waals surface area contributed by atoms with E-state index in [9.17, 15) is 10.2 Å². The Morgan fingerprint density at radius 1 is 0.792 bits per heavy atom. The topological polar surface area (TPSA) is 40.5 Å². The van der Waals surface area contributed by atoms with Gasteiger partial charge < -0.3 is 10.2 Å². The van der Waals surface area contributed by atoms with Crippen molar-refractivity contribution in [1.29, 1.82) is 0 Å². The van der Waals surface area contributed by atoms with Crippen molar-refractivity contribution in [1.82, 2.24) is 0 Å². The van der Waals surface area contributed by atoms with E-state index in [2.05, 4.69) is 12.1 Å². The van der Waals surface area contributed by atoms with E-state index in [1.807, 2.05) is 24.3 Å². The summed E-state index contributed by atoms with van der Waals surface area (Å²) in [6.45, 7) is 0. The van der Waals surface area contributed by atoms with E-state index in [4.69, 9.17) is 0 Å². The minimum atomic E-state index is -0.453. The molecule has 2 heteroatoms. The van der Waals surface area contributed by atoms with Gasteiger partial charge in [-0.2, -0.15) is 0 Å². The molecule has 0 spiro atoms. The predicted octanol–water partition coefficient (Wildman–Crippen LogP) is 4.95. The minimum absolute atomic E-state index is 0.337. The Morgan fingerprint density at radius 2 is 1.33 bits per heavy atom. The molecule has 3 rings (SSSR count). The number of rotatable bonds is 5. The predicted molar refractivity (Wildman–Crippen MR) is 99.6 cm³/mol. The molecule has 2 atom stereocenters. The first-order valence-corrected chi connectivity index (χ1v) is 9.89. The highest BCUT2D eigenvalue weighted by molar-refractivity contribution is 5.69. The molecule has 0 bridgehead atoms. The molecule has 2 saturated carbocycles. The lowest BCUT2D eigenvalue weighted by Crippen LogP contribution is -2.27. The smallest absolute Gasteiger partial charge is 0.0821 e. The zero-order chi connectivity index (χ0) is 16.8. The minimum Gasteiger partial charge on any atom is -0.389 e. The van der Waals surface area contributed by atoms with E-state index in [0.29, 0.717) is 11.8 Å². The summed E-state index contributed by atoms with van der Waals surface area (Å²) < 4.78 is 0. The molecule has 2 N–H and O–H groups in total. The third-order valence-electron chi connectivity index (χ3n) is 6.01. The van der Waals surface area contributed by atoms with Crippen LogP contribution in [-0.2, 0) is 0 Å². The van der Waals surface area contributed by atoms with Gasteiger partial charge in [-0.15, -0.1) is 0 Å². The Hall–Kier alpha value is -1.12. The molecule has 0 saturated heterocycles. The highest BCUT2D eigenvalue weighted by Gasteiger charge is 2.27. The summed E-state index contributed by atoms with van der Waals surface area (Å²) >= 11 is 0. The van der Waals surface area contributed by atoms with E-state index < -0.39 is 12.2 Å². The van der Waals surface area contributed by atoms with Crippen molar-refractivity contribution < 1.29 is 10.2 Å². The summed E-state index contributed by atoms with van der Waals surface area (Å²) in [4.78, 5) is 0. The first-order valence-electron chi connectivity index (χ1n) is 9.89. The van der Waals surface area contributed by atoms with Gasteiger partial charge >= 0.3 is 0 Å². The summed E-state index contributed by atoms with van der Waals surface area (Å²) in [7, 11) is 0. The van der Waals surface area contributed by atoms with Gasteiger partial charge in [0.25, 0.3) is 0 Å². The summed E-state index contributed by atoms with van der Waals surface area (Å²) in [5.41, 5.74) is 2.01. The molecule has 2 aliphatic rings. The highest BCUT2D eigenvalue weighted by atomic mass is 16.3. The van der Waals surface area contributed by atoms with Crippen LogP contribution in [0.2, 0.25) is 0 Å². The molecule has 0 radical (unpaired) electrons. The first kappa shape index (κ1) is 17.7. The third-order valence-corrected chi connectivity index (χ3v) is 6.01. The molecular formula is C22H32O2. The summed E-state index contributed by atoms with van der Waals surface area (Å²) in [5, 5.41) is 21.8. The second-order valence-corrected chi connectivity index (χ2v) is 7.72. The van der Waals surface area contributed by atoms with Crippen LogP contribution in [0.25, 0.3) is 5.57 Å². The van der Waals surface area contributed by atoms with Crippen LogP contribution in [0.4, 0.5) is 0 Å². The standard InChI is InChI=1S/C22H32O2/c23-21(18-12-6-2-7-13-18)16-20(17-10-4-1-5-11-17)22(24)19-14-8-3-9-15-19/h1,4-5,10-11,16,18-19,21-24H,2-3,6-9,12-15H2/b20-16+/t21-,22+/m1/s1. The lowest BCUT2D eigenvalue weighted by Gasteiger charge is -2.30. The second-order valence-electron chi connectivity index (χ2n) is 7.72. The Kier molecular flexibility index (Phi) is 6.51. The number of benzene rings is 1. The van der Waals surface area contributed by atoms with Crippen molar-refractivity contribution in [3.8, 4) is 0 Å². The Bertz CT molecular complexity index is 510. The highest BCUT2D eigenvalue weighted by Crippen LogP contribution is 2.35. The van der Waals surface area contributed by atoms with Crippen LogP contribution in [0.5, 0.6) is 0 Å². The van der Waals surface area contributed by atoms with Gasteiger partial charge in [-0.3, -0.25) is 0 Å². The maximum absolute atomic E-state index is 11.1. The SMILES string of the molecule is O[C@H](/C=C(\c1ccccc1)[C@@H](O)C1CCCCC1)C1CCCCC1. The van der Waals surface area contributed by atoms with Crippen molar-refractivity contribution in [3.05, 3.63) is 42.0 Å². The molecular weight excluding hydrogens is 296 g/mol. The third kappa shape index (κ3) is 4.49. The van der Waals surface area contributed by atoms with Crippen LogP contribution in [0, 0.1) is 11.8 Å². The van der Waals surface area contributed by atoms with Crippen molar-refractivity contribution in [3.63, 3.8) is 0 Å². The molecule has 0 heterocycles. The summed E-state index contributed by atoms with van der Waals surface area (Å²) in [6.07, 6.45) is 13.0. The summed E-state index contributed by atoms with van der Waals surface area (Å²) in [6, 6.07) is 10.2. The van der Waals surface area contributed by atoms with Crippen LogP contribution in [0.1, 0.15) is 69.8 Å². The van der Waals surface area contributed by atoms with Crippen molar-refractivity contribution in [2.75, 3.05) is 0 Å². The Morgan fingerprint density at radius 3 is 1.92 bits per heavy atom. The van der Waals surface area contributed by atoms with Crippen LogP contribution in [-0.4, -0.2) is 22.4 Å². The average molecular weight is 328 g/mol. The zero-order valence-electron chi connectivity index (χ0n) is 14.7. The molecule has 1 aromatic rings. The molecule has 2 fully saturated rings. The van der Waals surface area contributed by atoms with Gasteiger partial charge in [0.05, 0.1) is 12.2 Å². The normalized spacial score (nSPS) is 23.8. The number of hydrogen-bond donors (Lipinski definition) is 2. The van der Waals surface area contributed by atoms with Crippen LogP contribution in [0.15, 0.2) is 36.4 Å². The molecule has 0 aromatic heterocycles. The van der Waals surface area contributed by atoms with Gasteiger partial charge in [0.2, 0.25) is 0 Å². The Balaban J connectivity index is 1.82. The molecule has 0 aliphatic heterocycles. The quantitative estimate of drug-likeness (QED) is 0.802. The Labute approximate surface area is 146 Å². The lowest BCUT2D eigenvalue weighted by atomic mass is 9.79. The van der Waals surface area contributed by atoms with Crippen LogP contribution >= 0.6 is 0 Å². The van der Waals surface area contributed by atoms with Gasteiger partial charge in [-0.25, -0.2) is 0 Å². The molecule has 1 aromatic carbocycles. The van der Waals surface area contributed by atoms with Crippen LogP contribution in [0.3, 0.4) is 0 Å². The molecule has 132 valence electrons. The monoisotopic (exact) mass is 328 g/mol. The van der Waals surface area contributed by atoms with E-state index in [0.717, 1.165) is 36.8 Å². The van der Waals surface area contributed by atoms with Gasteiger partial charge in [0.1, 0.15) is 0 Å². The second kappa shape index (κ2) is 8.82. The average Bonchev–Trinajstić information content (AvgIpc) is 2.67. The molecule has 24 heavy (non-hydrogen) atoms. The maximum atomic E-state index is 11.1. The number of aliphatic hydroxyl groups excluding tert-OH is 2. The van der Waals surface area contributed by atoms with Gasteiger partial charge in [0.15, 0.2) is 0 Å². The fraction of sp³-hybridized carbons (Fsp3) is 0.636. The van der Waals surface area contributed by atoms with Gasteiger partial charge in [-0.05, 0) is 54.7 Å². The summed E-state index contributed by atoms with van der Waals surface area (Å²) in [5.74, 6) is 0.694. The van der Waals surface area contributed by atoms with E-state index >= 15 is 0 Å². The molecule has 2 aliphatic carbocycles. The van der Waals surface area contributed by atoms with Gasteiger partial charge in [0, 0.05) is 0 Å². The lowest BCUT2D eigenvalue weighted by molar-refractivity contribution is 0.117. The largest absolute Gasteiger partial charge is 0.389 e. The van der Waals surface area contributed by atoms with E-state index in [-0.39, 0.29) is 0 Å².